The van der Waals surface area contributed by atoms with Gasteiger partial charge >= 0.3 is 0 Å². The third-order valence-corrected chi connectivity index (χ3v) is 5.15. The minimum Gasteiger partial charge on any atom is -0.327 e. The van der Waals surface area contributed by atoms with Crippen LogP contribution >= 0.6 is 27.7 Å². The molecule has 7 heteroatoms. The Morgan fingerprint density at radius 1 is 1.48 bits per heavy atom. The summed E-state index contributed by atoms with van der Waals surface area (Å²) in [6.07, 6.45) is 4.18. The van der Waals surface area contributed by atoms with E-state index in [1.165, 1.54) is 23.3 Å². The smallest absolute Gasteiger partial charge is 0.214 e. The summed E-state index contributed by atoms with van der Waals surface area (Å²) in [7, 11) is 0. The molecule has 112 valence electrons. The fourth-order valence-corrected chi connectivity index (χ4v) is 3.50. The van der Waals surface area contributed by atoms with E-state index in [2.05, 4.69) is 56.6 Å². The van der Waals surface area contributed by atoms with Crippen molar-refractivity contribution in [3.63, 3.8) is 0 Å². The third-order valence-electron chi connectivity index (χ3n) is 3.59. The largest absolute Gasteiger partial charge is 0.327 e. The number of benzene rings is 1. The van der Waals surface area contributed by atoms with Crippen molar-refractivity contribution in [2.24, 2.45) is 5.73 Å². The van der Waals surface area contributed by atoms with Crippen molar-refractivity contribution in [3.05, 3.63) is 28.2 Å². The molecule has 3 rings (SSSR count). The maximum absolute atomic E-state index is 6.12. The molecule has 1 aromatic heterocycles. The number of hydrogen-bond donors (Lipinski definition) is 1. The molecule has 21 heavy (non-hydrogen) atoms. The zero-order chi connectivity index (χ0) is 14.8. The summed E-state index contributed by atoms with van der Waals surface area (Å²) in [5.41, 5.74) is 7.36. The zero-order valence-corrected chi connectivity index (χ0v) is 14.3. The summed E-state index contributed by atoms with van der Waals surface area (Å²) in [5, 5.41) is 12.9. The Kier molecular flexibility index (Phi) is 4.61. The molecule has 2 aromatic rings. The third kappa shape index (κ3) is 3.64. The highest BCUT2D eigenvalue weighted by atomic mass is 79.9. The van der Waals surface area contributed by atoms with Gasteiger partial charge < -0.3 is 5.73 Å². The van der Waals surface area contributed by atoms with Crippen LogP contribution in [0.4, 0.5) is 0 Å². The SMILES string of the molecule is CCC(N)Cc1cc(Br)ccc1Sc1nnnn1C1CC1. The lowest BCUT2D eigenvalue weighted by molar-refractivity contribution is 0.565. The van der Waals surface area contributed by atoms with E-state index in [0.717, 1.165) is 22.5 Å². The molecule has 0 bridgehead atoms. The van der Waals surface area contributed by atoms with Crippen LogP contribution in [0.25, 0.3) is 0 Å². The molecule has 2 N–H and O–H groups in total. The fourth-order valence-electron chi connectivity index (χ4n) is 2.13. The minimum atomic E-state index is 0.179. The van der Waals surface area contributed by atoms with Crippen molar-refractivity contribution >= 4 is 27.7 Å². The summed E-state index contributed by atoms with van der Waals surface area (Å²) in [6, 6.07) is 6.97. The van der Waals surface area contributed by atoms with E-state index in [9.17, 15) is 0 Å². The van der Waals surface area contributed by atoms with Crippen molar-refractivity contribution < 1.29 is 0 Å². The summed E-state index contributed by atoms with van der Waals surface area (Å²) >= 11 is 5.17. The Morgan fingerprint density at radius 2 is 2.29 bits per heavy atom. The molecule has 1 saturated carbocycles. The second kappa shape index (κ2) is 6.46. The first-order valence-electron chi connectivity index (χ1n) is 7.17. The van der Waals surface area contributed by atoms with Gasteiger partial charge in [0, 0.05) is 15.4 Å². The molecule has 1 aromatic carbocycles. The molecule has 1 aliphatic rings. The molecule has 1 heterocycles. The van der Waals surface area contributed by atoms with Gasteiger partial charge in [-0.05, 0) is 71.6 Å². The standard InChI is InChI=1S/C14H18BrN5S/c1-2-11(16)8-9-7-10(15)3-6-13(9)21-14-17-18-19-20(14)12-4-5-12/h3,6-7,11-12H,2,4-5,8,16H2,1H3. The van der Waals surface area contributed by atoms with Crippen molar-refractivity contribution in [1.29, 1.82) is 0 Å². The van der Waals surface area contributed by atoms with Crippen LogP contribution in [-0.4, -0.2) is 26.2 Å². The predicted octanol–water partition coefficient (Wildman–Crippen LogP) is 3.20. The van der Waals surface area contributed by atoms with E-state index < -0.39 is 0 Å². The number of tetrazole rings is 1. The van der Waals surface area contributed by atoms with Gasteiger partial charge in [0.25, 0.3) is 0 Å². The Labute approximate surface area is 136 Å². The van der Waals surface area contributed by atoms with E-state index >= 15 is 0 Å². The van der Waals surface area contributed by atoms with Gasteiger partial charge in [-0.15, -0.1) is 5.10 Å². The summed E-state index contributed by atoms with van der Waals surface area (Å²) < 4.78 is 3.02. The maximum Gasteiger partial charge on any atom is 0.214 e. The maximum atomic E-state index is 6.12. The Balaban J connectivity index is 1.85. The van der Waals surface area contributed by atoms with E-state index in [0.29, 0.717) is 6.04 Å². The second-order valence-corrected chi connectivity index (χ2v) is 7.29. The molecule has 0 aliphatic heterocycles. The van der Waals surface area contributed by atoms with Crippen molar-refractivity contribution in [3.8, 4) is 0 Å². The van der Waals surface area contributed by atoms with Crippen LogP contribution in [-0.2, 0) is 6.42 Å². The topological polar surface area (TPSA) is 69.6 Å². The monoisotopic (exact) mass is 367 g/mol. The van der Waals surface area contributed by atoms with E-state index in [-0.39, 0.29) is 6.04 Å². The van der Waals surface area contributed by atoms with Crippen LogP contribution in [0.3, 0.4) is 0 Å². The van der Waals surface area contributed by atoms with Crippen molar-refractivity contribution in [1.82, 2.24) is 20.2 Å². The Hall–Kier alpha value is -0.920. The first kappa shape index (κ1) is 15.0. The number of rotatable bonds is 6. The molecule has 1 atom stereocenters. The van der Waals surface area contributed by atoms with Gasteiger partial charge in [-0.3, -0.25) is 0 Å². The van der Waals surface area contributed by atoms with Gasteiger partial charge in [0.15, 0.2) is 0 Å². The average molecular weight is 368 g/mol. The highest BCUT2D eigenvalue weighted by Gasteiger charge is 2.28. The quantitative estimate of drug-likeness (QED) is 0.848. The summed E-state index contributed by atoms with van der Waals surface area (Å²) in [5.74, 6) is 0. The lowest BCUT2D eigenvalue weighted by Crippen LogP contribution is -2.21. The predicted molar refractivity (Wildman–Crippen MR) is 86.3 cm³/mol. The van der Waals surface area contributed by atoms with Gasteiger partial charge in [-0.1, -0.05) is 22.9 Å². The van der Waals surface area contributed by atoms with Crippen LogP contribution in [0.2, 0.25) is 0 Å². The summed E-state index contributed by atoms with van der Waals surface area (Å²) in [6.45, 7) is 2.11. The van der Waals surface area contributed by atoms with E-state index in [4.69, 9.17) is 5.73 Å². The highest BCUT2D eigenvalue weighted by molar-refractivity contribution is 9.10. The van der Waals surface area contributed by atoms with Gasteiger partial charge in [-0.2, -0.15) is 0 Å². The lowest BCUT2D eigenvalue weighted by atomic mass is 10.1. The van der Waals surface area contributed by atoms with Gasteiger partial charge in [-0.25, -0.2) is 4.68 Å². The lowest BCUT2D eigenvalue weighted by Gasteiger charge is -2.13. The first-order valence-corrected chi connectivity index (χ1v) is 8.78. The zero-order valence-electron chi connectivity index (χ0n) is 11.9. The average Bonchev–Trinajstić information content (AvgIpc) is 3.21. The van der Waals surface area contributed by atoms with Crippen molar-refractivity contribution in [2.75, 3.05) is 0 Å². The van der Waals surface area contributed by atoms with Crippen LogP contribution in [0, 0.1) is 0 Å². The molecule has 0 amide bonds. The number of nitrogens with two attached hydrogens (primary N) is 1. The number of halogens is 1. The number of aromatic nitrogens is 4. The number of hydrogen-bond acceptors (Lipinski definition) is 5. The first-order chi connectivity index (χ1) is 10.2. The molecular formula is C14H18BrN5S. The number of nitrogens with zero attached hydrogens (tertiary/aromatic N) is 4. The minimum absolute atomic E-state index is 0.179. The van der Waals surface area contributed by atoms with E-state index in [1.807, 2.05) is 4.68 Å². The van der Waals surface area contributed by atoms with Crippen LogP contribution in [0.1, 0.15) is 37.8 Å². The molecule has 0 saturated heterocycles. The van der Waals surface area contributed by atoms with Gasteiger partial charge in [0.2, 0.25) is 5.16 Å². The molecule has 1 aliphatic carbocycles. The van der Waals surface area contributed by atoms with Gasteiger partial charge in [0.05, 0.1) is 6.04 Å². The molecule has 0 radical (unpaired) electrons. The van der Waals surface area contributed by atoms with E-state index in [1.54, 1.807) is 11.8 Å². The second-order valence-electron chi connectivity index (χ2n) is 5.36. The Bertz CT molecular complexity index is 626. The fraction of sp³-hybridized carbons (Fsp3) is 0.500. The normalized spacial score (nSPS) is 16.1. The molecular weight excluding hydrogens is 350 g/mol. The van der Waals surface area contributed by atoms with Crippen LogP contribution in [0.5, 0.6) is 0 Å². The Morgan fingerprint density at radius 3 is 3.00 bits per heavy atom. The molecule has 0 spiro atoms. The van der Waals surface area contributed by atoms with Crippen LogP contribution in [0.15, 0.2) is 32.7 Å². The summed E-state index contributed by atoms with van der Waals surface area (Å²) in [4.78, 5) is 1.18. The molecule has 5 nitrogen and oxygen atoms in total. The molecule has 1 unspecified atom stereocenters. The van der Waals surface area contributed by atoms with Gasteiger partial charge in [0.1, 0.15) is 0 Å². The van der Waals surface area contributed by atoms with Crippen molar-refractivity contribution in [2.45, 2.75) is 54.7 Å². The van der Waals surface area contributed by atoms with Crippen LogP contribution < -0.4 is 5.73 Å². The molecule has 1 fully saturated rings. The highest BCUT2D eigenvalue weighted by Crippen LogP contribution is 2.39.